The Balaban J connectivity index is 2.83. The highest BCUT2D eigenvalue weighted by molar-refractivity contribution is 5.78. The lowest BCUT2D eigenvalue weighted by Crippen LogP contribution is -2.28. The average Bonchev–Trinajstić information content (AvgIpc) is 1.80. The first-order valence-electron chi connectivity index (χ1n) is 3.31. The van der Waals surface area contributed by atoms with Gasteiger partial charge in [0.2, 0.25) is 0 Å². The largest absolute Gasteiger partial charge is 0.387 e. The van der Waals surface area contributed by atoms with Crippen molar-refractivity contribution in [3.63, 3.8) is 0 Å². The topological polar surface area (TPSA) is 61.9 Å². The van der Waals surface area contributed by atoms with Gasteiger partial charge in [-0.1, -0.05) is 13.3 Å². The Morgan fingerprint density at radius 3 is 2.78 bits per heavy atom. The molecular weight excluding hydrogens is 114 g/mol. The molecule has 3 heteroatoms. The normalized spacial score (nSPS) is 9.44. The van der Waals surface area contributed by atoms with Crippen molar-refractivity contribution in [2.75, 3.05) is 13.1 Å². The smallest absolute Gasteiger partial charge is 0.105 e. The quantitative estimate of drug-likeness (QED) is 0.284. The molecule has 0 aliphatic carbocycles. The van der Waals surface area contributed by atoms with Gasteiger partial charge in [-0.25, -0.2) is 0 Å². The van der Waals surface area contributed by atoms with Crippen LogP contribution in [0.15, 0.2) is 0 Å². The molecule has 0 amide bonds. The molecule has 0 unspecified atom stereocenters. The number of unbranched alkanes of at least 4 members (excludes halogenated alkanes) is 1. The standard InChI is InChI=1S/C6H15N3/c1-2-3-4-9-5-6(7)8/h9H,2-5H2,1H3,(H3,7,8). The van der Waals surface area contributed by atoms with Crippen LogP contribution >= 0.6 is 0 Å². The molecule has 0 spiro atoms. The Bertz CT molecular complexity index is 80.4. The maximum Gasteiger partial charge on any atom is 0.105 e. The fraction of sp³-hybridized carbons (Fsp3) is 0.833. The van der Waals surface area contributed by atoms with Gasteiger partial charge >= 0.3 is 0 Å². The highest BCUT2D eigenvalue weighted by Crippen LogP contribution is 1.80. The lowest BCUT2D eigenvalue weighted by atomic mass is 10.3. The molecule has 0 aliphatic heterocycles. The van der Waals surface area contributed by atoms with Crippen LogP contribution in [0.5, 0.6) is 0 Å². The van der Waals surface area contributed by atoms with Gasteiger partial charge in [-0.3, -0.25) is 5.41 Å². The number of rotatable bonds is 5. The van der Waals surface area contributed by atoms with Crippen molar-refractivity contribution in [1.82, 2.24) is 5.32 Å². The van der Waals surface area contributed by atoms with Crippen LogP contribution in [0.4, 0.5) is 0 Å². The van der Waals surface area contributed by atoms with E-state index in [1.807, 2.05) is 0 Å². The minimum atomic E-state index is 0.214. The van der Waals surface area contributed by atoms with Gasteiger partial charge in [0.25, 0.3) is 0 Å². The van der Waals surface area contributed by atoms with E-state index < -0.39 is 0 Å². The summed E-state index contributed by atoms with van der Waals surface area (Å²) in [7, 11) is 0. The van der Waals surface area contributed by atoms with Crippen LogP contribution in [0.25, 0.3) is 0 Å². The van der Waals surface area contributed by atoms with Crippen LogP contribution in [0.1, 0.15) is 19.8 Å². The molecular formula is C6H15N3. The van der Waals surface area contributed by atoms with E-state index in [1.54, 1.807) is 0 Å². The zero-order chi connectivity index (χ0) is 7.11. The van der Waals surface area contributed by atoms with E-state index in [1.165, 1.54) is 6.42 Å². The Morgan fingerprint density at radius 1 is 1.67 bits per heavy atom. The molecule has 0 saturated carbocycles. The molecule has 0 aromatic rings. The van der Waals surface area contributed by atoms with Gasteiger partial charge in [0, 0.05) is 0 Å². The van der Waals surface area contributed by atoms with Gasteiger partial charge in [-0.15, -0.1) is 0 Å². The summed E-state index contributed by atoms with van der Waals surface area (Å²) >= 11 is 0. The molecule has 0 aliphatic rings. The fourth-order valence-corrected chi connectivity index (χ4v) is 0.525. The third-order valence-electron chi connectivity index (χ3n) is 1.02. The van der Waals surface area contributed by atoms with Crippen molar-refractivity contribution in [2.24, 2.45) is 5.73 Å². The average molecular weight is 129 g/mol. The third kappa shape index (κ3) is 7.43. The van der Waals surface area contributed by atoms with Crippen LogP contribution in [0, 0.1) is 5.41 Å². The molecule has 9 heavy (non-hydrogen) atoms. The first-order valence-corrected chi connectivity index (χ1v) is 3.31. The second kappa shape index (κ2) is 5.56. The van der Waals surface area contributed by atoms with Crippen molar-refractivity contribution >= 4 is 5.84 Å². The predicted octanol–water partition coefficient (Wildman–Crippen LogP) is 0.312. The molecule has 3 nitrogen and oxygen atoms in total. The summed E-state index contributed by atoms with van der Waals surface area (Å²) in [6, 6.07) is 0. The van der Waals surface area contributed by atoms with Gasteiger partial charge in [-0.05, 0) is 13.0 Å². The van der Waals surface area contributed by atoms with Gasteiger partial charge in [0.1, 0.15) is 5.84 Å². The SMILES string of the molecule is CCCCNCC(=N)N. The molecule has 0 heterocycles. The summed E-state index contributed by atoms with van der Waals surface area (Å²) in [6.45, 7) is 3.63. The second-order valence-corrected chi connectivity index (χ2v) is 2.06. The first kappa shape index (κ1) is 8.43. The summed E-state index contributed by atoms with van der Waals surface area (Å²) in [6.07, 6.45) is 2.35. The van der Waals surface area contributed by atoms with Gasteiger partial charge in [0.15, 0.2) is 0 Å². The van der Waals surface area contributed by atoms with Crippen LogP contribution < -0.4 is 11.1 Å². The van der Waals surface area contributed by atoms with E-state index in [2.05, 4.69) is 12.2 Å². The zero-order valence-corrected chi connectivity index (χ0v) is 5.91. The predicted molar refractivity (Wildman–Crippen MR) is 39.7 cm³/mol. The van der Waals surface area contributed by atoms with Crippen LogP contribution in [-0.2, 0) is 0 Å². The van der Waals surface area contributed by atoms with E-state index in [4.69, 9.17) is 11.1 Å². The van der Waals surface area contributed by atoms with Crippen LogP contribution in [0.3, 0.4) is 0 Å². The lowest BCUT2D eigenvalue weighted by molar-refractivity contribution is 0.688. The summed E-state index contributed by atoms with van der Waals surface area (Å²) < 4.78 is 0. The highest BCUT2D eigenvalue weighted by Gasteiger charge is 1.86. The van der Waals surface area contributed by atoms with Gasteiger partial charge in [-0.2, -0.15) is 0 Å². The molecule has 0 radical (unpaired) electrons. The molecule has 0 bridgehead atoms. The van der Waals surface area contributed by atoms with Crippen molar-refractivity contribution in [3.05, 3.63) is 0 Å². The Labute approximate surface area is 56.1 Å². The van der Waals surface area contributed by atoms with E-state index in [0.29, 0.717) is 6.54 Å². The Kier molecular flexibility index (Phi) is 5.21. The summed E-state index contributed by atoms with van der Waals surface area (Å²) in [4.78, 5) is 0. The summed E-state index contributed by atoms with van der Waals surface area (Å²) in [5, 5.41) is 9.88. The number of amidine groups is 1. The molecule has 0 saturated heterocycles. The number of hydrogen-bond acceptors (Lipinski definition) is 2. The molecule has 0 aromatic carbocycles. The molecule has 0 atom stereocenters. The van der Waals surface area contributed by atoms with E-state index in [0.717, 1.165) is 13.0 Å². The minimum absolute atomic E-state index is 0.214. The number of nitrogens with one attached hydrogen (secondary N) is 2. The Morgan fingerprint density at radius 2 is 2.33 bits per heavy atom. The van der Waals surface area contributed by atoms with E-state index in [9.17, 15) is 0 Å². The Hall–Kier alpha value is -0.570. The van der Waals surface area contributed by atoms with E-state index >= 15 is 0 Å². The van der Waals surface area contributed by atoms with Crippen LogP contribution in [0.2, 0.25) is 0 Å². The maximum atomic E-state index is 6.85. The zero-order valence-electron chi connectivity index (χ0n) is 5.91. The highest BCUT2D eigenvalue weighted by atomic mass is 14.9. The third-order valence-corrected chi connectivity index (χ3v) is 1.02. The summed E-state index contributed by atoms with van der Waals surface area (Å²) in [5.41, 5.74) is 5.10. The van der Waals surface area contributed by atoms with E-state index in [-0.39, 0.29) is 5.84 Å². The van der Waals surface area contributed by atoms with Crippen molar-refractivity contribution < 1.29 is 0 Å². The van der Waals surface area contributed by atoms with Gasteiger partial charge < -0.3 is 11.1 Å². The molecule has 4 N–H and O–H groups in total. The molecule has 0 aromatic heterocycles. The monoisotopic (exact) mass is 129 g/mol. The number of hydrogen-bond donors (Lipinski definition) is 3. The molecule has 54 valence electrons. The maximum absolute atomic E-state index is 6.85. The molecule has 0 fully saturated rings. The number of nitrogens with two attached hydrogens (primary N) is 1. The minimum Gasteiger partial charge on any atom is -0.387 e. The van der Waals surface area contributed by atoms with Crippen molar-refractivity contribution in [2.45, 2.75) is 19.8 Å². The lowest BCUT2D eigenvalue weighted by Gasteiger charge is -1.99. The van der Waals surface area contributed by atoms with Crippen LogP contribution in [-0.4, -0.2) is 18.9 Å². The van der Waals surface area contributed by atoms with Crippen molar-refractivity contribution in [1.29, 1.82) is 5.41 Å². The molecule has 0 rings (SSSR count). The van der Waals surface area contributed by atoms with Gasteiger partial charge in [0.05, 0.1) is 6.54 Å². The summed E-state index contributed by atoms with van der Waals surface area (Å²) in [5.74, 6) is 0.214. The van der Waals surface area contributed by atoms with Crippen molar-refractivity contribution in [3.8, 4) is 0 Å². The first-order chi connectivity index (χ1) is 4.27. The fourth-order valence-electron chi connectivity index (χ4n) is 0.525. The second-order valence-electron chi connectivity index (χ2n) is 2.06.